The molecule has 1 aromatic carbocycles. The molecule has 0 radical (unpaired) electrons. The molecule has 0 saturated carbocycles. The van der Waals surface area contributed by atoms with Crippen LogP contribution in [-0.2, 0) is 17.9 Å². The molecule has 0 bridgehead atoms. The molecule has 1 aromatic rings. The molecule has 3 rings (SSSR count). The summed E-state index contributed by atoms with van der Waals surface area (Å²) < 4.78 is 4.95. The Morgan fingerprint density at radius 1 is 0.778 bits per heavy atom. The number of hydrogen-bond acceptors (Lipinski definition) is 0. The Kier molecular flexibility index (Phi) is 4.82. The van der Waals surface area contributed by atoms with Gasteiger partial charge in [-0.1, -0.05) is 0 Å². The summed E-state index contributed by atoms with van der Waals surface area (Å²) >= 11 is -1.41. The Balaban J connectivity index is 0.00000120. The molecule has 2 aliphatic carbocycles. The molecule has 0 saturated heterocycles. The maximum absolute atomic E-state index is 2.35. The summed E-state index contributed by atoms with van der Waals surface area (Å²) in [7, 11) is 0. The minimum atomic E-state index is -1.41. The molecule has 0 aromatic heterocycles. The molecule has 18 heavy (non-hydrogen) atoms. The fourth-order valence-electron chi connectivity index (χ4n) is 2.45. The van der Waals surface area contributed by atoms with Crippen LogP contribution in [0, 0.1) is 0 Å². The summed E-state index contributed by atoms with van der Waals surface area (Å²) in [6.07, 6.45) is 16.0. The SMILES string of the molecule is C1=CC[C]([Ti+]([C]2=CC=CC2)[c]2ccccc2)=C1.[Cl-]. The Labute approximate surface area is 121 Å². The molecule has 90 valence electrons. The molecule has 0 atom stereocenters. The largest absolute Gasteiger partial charge is 1.00 e. The van der Waals surface area contributed by atoms with Gasteiger partial charge < -0.3 is 12.4 Å². The van der Waals surface area contributed by atoms with Crippen molar-refractivity contribution in [3.05, 3.63) is 74.5 Å². The Hall–Kier alpha value is -0.816. The van der Waals surface area contributed by atoms with Gasteiger partial charge in [0.1, 0.15) is 0 Å². The van der Waals surface area contributed by atoms with Crippen LogP contribution >= 0.6 is 0 Å². The average Bonchev–Trinajstić information content (AvgIpc) is 3.04. The summed E-state index contributed by atoms with van der Waals surface area (Å²) in [6.45, 7) is 0. The first-order chi connectivity index (χ1) is 8.45. The third-order valence-corrected chi connectivity index (χ3v) is 7.83. The molecule has 2 aliphatic rings. The van der Waals surface area contributed by atoms with Crippen LogP contribution in [0.15, 0.2) is 74.5 Å². The summed E-state index contributed by atoms with van der Waals surface area (Å²) in [4.78, 5) is 0. The van der Waals surface area contributed by atoms with Crippen molar-refractivity contribution in [1.82, 2.24) is 0 Å². The Bertz CT molecular complexity index is 493. The van der Waals surface area contributed by atoms with E-state index in [4.69, 9.17) is 0 Å². The molecule has 0 amide bonds. The van der Waals surface area contributed by atoms with Gasteiger partial charge in [-0.25, -0.2) is 0 Å². The van der Waals surface area contributed by atoms with Crippen LogP contribution in [0.3, 0.4) is 0 Å². The summed E-state index contributed by atoms with van der Waals surface area (Å²) in [6, 6.07) is 11.1. The monoisotopic (exact) mass is 290 g/mol. The van der Waals surface area contributed by atoms with Crippen LogP contribution in [0.25, 0.3) is 0 Å². The number of halogens is 1. The van der Waals surface area contributed by atoms with E-state index in [-0.39, 0.29) is 12.4 Å². The number of allylic oxidation sites excluding steroid dienone is 8. The zero-order chi connectivity index (χ0) is 11.5. The second-order valence-electron chi connectivity index (χ2n) is 4.39. The summed E-state index contributed by atoms with van der Waals surface area (Å²) in [5.74, 6) is 0. The van der Waals surface area contributed by atoms with Crippen LogP contribution in [0.4, 0.5) is 0 Å². The maximum atomic E-state index is 2.35. The molecule has 2 heteroatoms. The van der Waals surface area contributed by atoms with Crippen molar-refractivity contribution in [2.75, 3.05) is 0 Å². The van der Waals surface area contributed by atoms with Gasteiger partial charge in [-0.3, -0.25) is 0 Å². The third kappa shape index (κ3) is 2.77. The molecule has 0 aliphatic heterocycles. The zero-order valence-electron chi connectivity index (χ0n) is 10.1. The van der Waals surface area contributed by atoms with Crippen molar-refractivity contribution in [2.45, 2.75) is 12.8 Å². The van der Waals surface area contributed by atoms with Crippen molar-refractivity contribution in [3.8, 4) is 0 Å². The fraction of sp³-hybridized carbons (Fsp3) is 0.125. The molecular formula is C16H15ClTi. The van der Waals surface area contributed by atoms with Crippen LogP contribution < -0.4 is 16.3 Å². The molecule has 0 N–H and O–H groups in total. The van der Waals surface area contributed by atoms with Gasteiger partial charge in [0, 0.05) is 0 Å². The van der Waals surface area contributed by atoms with Crippen molar-refractivity contribution in [2.24, 2.45) is 0 Å². The topological polar surface area (TPSA) is 0 Å². The van der Waals surface area contributed by atoms with Crippen molar-refractivity contribution in [1.29, 1.82) is 0 Å². The van der Waals surface area contributed by atoms with E-state index in [1.807, 2.05) is 0 Å². The predicted octanol–water partition coefficient (Wildman–Crippen LogP) is 0.622. The van der Waals surface area contributed by atoms with E-state index in [1.54, 1.807) is 11.6 Å². The molecule has 0 heterocycles. The maximum Gasteiger partial charge on any atom is -1.00 e. The van der Waals surface area contributed by atoms with Crippen molar-refractivity contribution < 1.29 is 30.3 Å². The van der Waals surface area contributed by atoms with Gasteiger partial charge in [0.25, 0.3) is 0 Å². The van der Waals surface area contributed by atoms with E-state index in [9.17, 15) is 0 Å². The second kappa shape index (κ2) is 6.38. The minimum absolute atomic E-state index is 0. The normalized spacial score (nSPS) is 16.2. The number of benzene rings is 1. The van der Waals surface area contributed by atoms with Gasteiger partial charge in [-0.2, -0.15) is 0 Å². The second-order valence-corrected chi connectivity index (χ2v) is 8.47. The average molecular weight is 291 g/mol. The van der Waals surface area contributed by atoms with Gasteiger partial charge >= 0.3 is 109 Å². The summed E-state index contributed by atoms with van der Waals surface area (Å²) in [5.41, 5.74) is 0. The summed E-state index contributed by atoms with van der Waals surface area (Å²) in [5, 5.41) is 0. The Morgan fingerprint density at radius 2 is 1.33 bits per heavy atom. The quantitative estimate of drug-likeness (QED) is 0.716. The van der Waals surface area contributed by atoms with Crippen LogP contribution in [0.5, 0.6) is 0 Å². The molecule has 0 fully saturated rings. The van der Waals surface area contributed by atoms with Crippen LogP contribution in [0.2, 0.25) is 0 Å². The van der Waals surface area contributed by atoms with Crippen LogP contribution in [-0.4, -0.2) is 0 Å². The standard InChI is InChI=1S/C6H5.2C5H5.ClH.Ti/c1-2-4-6-5-3-1;2*1-2-4-5-3-1;;/h1-5H;2*1-3H,4H2;1H;/q;;;;+1/p-1. The molecular weight excluding hydrogens is 275 g/mol. The van der Waals surface area contributed by atoms with Gasteiger partial charge in [-0.15, -0.1) is 0 Å². The van der Waals surface area contributed by atoms with E-state index in [0.717, 1.165) is 0 Å². The van der Waals surface area contributed by atoms with Gasteiger partial charge in [0.15, 0.2) is 0 Å². The molecule has 0 nitrogen and oxygen atoms in total. The van der Waals surface area contributed by atoms with Gasteiger partial charge in [-0.05, 0) is 0 Å². The van der Waals surface area contributed by atoms with E-state index in [2.05, 4.69) is 66.8 Å². The first-order valence-electron chi connectivity index (χ1n) is 6.09. The molecule has 0 unspecified atom stereocenters. The van der Waals surface area contributed by atoms with E-state index in [1.165, 1.54) is 12.8 Å². The fourth-order valence-corrected chi connectivity index (χ4v) is 6.90. The number of rotatable bonds is 3. The predicted molar refractivity (Wildman–Crippen MR) is 69.8 cm³/mol. The van der Waals surface area contributed by atoms with E-state index < -0.39 is 17.9 Å². The smallest absolute Gasteiger partial charge is 1.00 e. The first-order valence-corrected chi connectivity index (χ1v) is 8.44. The van der Waals surface area contributed by atoms with Crippen molar-refractivity contribution in [3.63, 3.8) is 0 Å². The third-order valence-electron chi connectivity index (χ3n) is 3.25. The Morgan fingerprint density at radius 3 is 1.78 bits per heavy atom. The zero-order valence-corrected chi connectivity index (χ0v) is 12.5. The first kappa shape index (κ1) is 13.6. The number of hydrogen-bond donors (Lipinski definition) is 0. The molecule has 0 spiro atoms. The van der Waals surface area contributed by atoms with Crippen LogP contribution in [0.1, 0.15) is 12.8 Å². The van der Waals surface area contributed by atoms with Gasteiger partial charge in [0.05, 0.1) is 0 Å². The van der Waals surface area contributed by atoms with E-state index in [0.29, 0.717) is 0 Å². The van der Waals surface area contributed by atoms with E-state index >= 15 is 0 Å². The van der Waals surface area contributed by atoms with Crippen molar-refractivity contribution >= 4 is 3.87 Å². The van der Waals surface area contributed by atoms with Gasteiger partial charge in [0.2, 0.25) is 0 Å². The minimum Gasteiger partial charge on any atom is -1.00 e.